The number of halogens is 1. The largest absolute Gasteiger partial charge is 0.453 e. The molecule has 2 N–H and O–H groups in total. The molecule has 1 saturated heterocycles. The van der Waals surface area contributed by atoms with Crippen molar-refractivity contribution < 1.29 is 23.5 Å². The molecule has 4 rings (SSSR count). The molecule has 2 heterocycles. The van der Waals surface area contributed by atoms with E-state index in [-0.39, 0.29) is 29.9 Å². The van der Waals surface area contributed by atoms with Gasteiger partial charge in [0.15, 0.2) is 0 Å². The first-order valence-corrected chi connectivity index (χ1v) is 10.9. The predicted molar refractivity (Wildman–Crippen MR) is 128 cm³/mol. The highest BCUT2D eigenvalue weighted by atomic mass is 19.1. The number of rotatable bonds is 5. The molecule has 10 heteroatoms. The molecule has 0 atom stereocenters. The summed E-state index contributed by atoms with van der Waals surface area (Å²) in [5, 5.41) is 2.54. The smallest absolute Gasteiger partial charge is 0.412 e. The van der Waals surface area contributed by atoms with Crippen molar-refractivity contribution in [2.45, 2.75) is 0 Å². The summed E-state index contributed by atoms with van der Waals surface area (Å²) in [6, 6.07) is 13.8. The molecule has 1 aliphatic heterocycles. The molecule has 0 spiro atoms. The quantitative estimate of drug-likeness (QED) is 0.254. The Morgan fingerprint density at radius 1 is 1.03 bits per heavy atom. The van der Waals surface area contributed by atoms with Crippen LogP contribution in [0.25, 0.3) is 10.9 Å². The number of aliphatic imine (C=N–C) groups is 1. The van der Waals surface area contributed by atoms with Crippen molar-refractivity contribution in [2.24, 2.45) is 4.99 Å². The van der Waals surface area contributed by atoms with Gasteiger partial charge in [0.05, 0.1) is 12.7 Å². The fraction of sp³-hybridized carbons (Fsp3) is 0.200. The van der Waals surface area contributed by atoms with Crippen molar-refractivity contribution in [3.63, 3.8) is 0 Å². The lowest BCUT2D eigenvalue weighted by atomic mass is 10.1. The highest BCUT2D eigenvalue weighted by Crippen LogP contribution is 2.23. The Bertz CT molecular complexity index is 1310. The number of aromatic nitrogens is 1. The zero-order valence-electron chi connectivity index (χ0n) is 19.1. The van der Waals surface area contributed by atoms with E-state index in [9.17, 15) is 18.8 Å². The van der Waals surface area contributed by atoms with Crippen LogP contribution in [0.15, 0.2) is 72.1 Å². The number of piperazine rings is 1. The number of nitrogens with one attached hydrogen (secondary N) is 2. The molecule has 1 fully saturated rings. The lowest BCUT2D eigenvalue weighted by Gasteiger charge is -2.36. The molecule has 0 aliphatic carbocycles. The van der Waals surface area contributed by atoms with Crippen LogP contribution in [0.3, 0.4) is 0 Å². The third-order valence-corrected chi connectivity index (χ3v) is 5.66. The first-order valence-electron chi connectivity index (χ1n) is 10.9. The third-order valence-electron chi connectivity index (χ3n) is 5.66. The second-order valence-electron chi connectivity index (χ2n) is 7.84. The number of carbonyl (C=O) groups excluding carboxylic acids is 3. The molecule has 35 heavy (non-hydrogen) atoms. The summed E-state index contributed by atoms with van der Waals surface area (Å²) in [6.45, 7) is 5.06. The van der Waals surface area contributed by atoms with E-state index in [0.717, 1.165) is 5.56 Å². The molecule has 2 amide bonds. The third kappa shape index (κ3) is 5.06. The van der Waals surface area contributed by atoms with Crippen molar-refractivity contribution in [1.29, 1.82) is 0 Å². The topological polar surface area (TPSA) is 107 Å². The minimum atomic E-state index is -0.762. The molecule has 0 saturated carbocycles. The summed E-state index contributed by atoms with van der Waals surface area (Å²) in [5.41, 5.74) is 1.27. The minimum Gasteiger partial charge on any atom is -0.453 e. The van der Waals surface area contributed by atoms with Crippen LogP contribution in [-0.4, -0.2) is 71.7 Å². The molecule has 0 radical (unpaired) electrons. The van der Waals surface area contributed by atoms with Crippen LogP contribution in [0.5, 0.6) is 0 Å². The van der Waals surface area contributed by atoms with Crippen LogP contribution < -0.4 is 5.32 Å². The lowest BCUT2D eigenvalue weighted by Crippen LogP contribution is -2.52. The Kier molecular flexibility index (Phi) is 6.91. The van der Waals surface area contributed by atoms with Crippen LogP contribution in [0, 0.1) is 5.82 Å². The van der Waals surface area contributed by atoms with Crippen LogP contribution in [0.1, 0.15) is 15.9 Å². The summed E-state index contributed by atoms with van der Waals surface area (Å²) in [5.74, 6) is -1.35. The number of Topliss-reactive ketones (excluding diaryl/α,β-unsaturated/α-hetero) is 1. The molecule has 1 aliphatic rings. The standard InChI is InChI=1S/C25H24FN5O4/c1-16(29-25(34)35-2)28-23(17-7-4-3-5-8-17)30-11-13-31(14-12-30)24(33)22(32)18-15-27-20-10-6-9-19(26)21(18)20/h3-10,15,27H,1,11-14H2,2H3,(H,29,34). The summed E-state index contributed by atoms with van der Waals surface area (Å²) >= 11 is 0. The van der Waals surface area contributed by atoms with Gasteiger partial charge >= 0.3 is 6.09 Å². The minimum absolute atomic E-state index is 0.0160. The van der Waals surface area contributed by atoms with E-state index < -0.39 is 23.6 Å². The van der Waals surface area contributed by atoms with Gasteiger partial charge in [-0.25, -0.2) is 14.2 Å². The Balaban J connectivity index is 1.49. The summed E-state index contributed by atoms with van der Waals surface area (Å²) in [4.78, 5) is 48.1. The maximum absolute atomic E-state index is 14.3. The van der Waals surface area contributed by atoms with E-state index in [1.165, 1.54) is 30.3 Å². The van der Waals surface area contributed by atoms with Crippen LogP contribution in [0.2, 0.25) is 0 Å². The van der Waals surface area contributed by atoms with Gasteiger partial charge in [-0.15, -0.1) is 0 Å². The normalized spacial score (nSPS) is 14.1. The number of alkyl carbamates (subject to hydrolysis) is 1. The average molecular weight is 477 g/mol. The van der Waals surface area contributed by atoms with Gasteiger partial charge in [-0.3, -0.25) is 14.9 Å². The second-order valence-corrected chi connectivity index (χ2v) is 7.84. The van der Waals surface area contributed by atoms with E-state index in [1.807, 2.05) is 35.2 Å². The van der Waals surface area contributed by atoms with Gasteiger partial charge in [0.25, 0.3) is 11.7 Å². The molecule has 9 nitrogen and oxygen atoms in total. The highest BCUT2D eigenvalue weighted by molar-refractivity contribution is 6.44. The second kappa shape index (κ2) is 10.2. The number of hydrogen-bond donors (Lipinski definition) is 2. The number of ketones is 1. The number of amidine groups is 1. The Labute approximate surface area is 200 Å². The summed E-state index contributed by atoms with van der Waals surface area (Å²) in [7, 11) is 1.24. The van der Waals surface area contributed by atoms with Crippen molar-refractivity contribution in [3.05, 3.63) is 84.1 Å². The van der Waals surface area contributed by atoms with Crippen LogP contribution in [0.4, 0.5) is 9.18 Å². The van der Waals surface area contributed by atoms with Crippen molar-refractivity contribution in [2.75, 3.05) is 33.3 Å². The average Bonchev–Trinajstić information content (AvgIpc) is 3.32. The van der Waals surface area contributed by atoms with E-state index >= 15 is 0 Å². The van der Waals surface area contributed by atoms with Gasteiger partial charge in [-0.05, 0) is 12.1 Å². The highest BCUT2D eigenvalue weighted by Gasteiger charge is 2.30. The van der Waals surface area contributed by atoms with Gasteiger partial charge in [0.1, 0.15) is 17.5 Å². The number of nitrogens with zero attached hydrogens (tertiary/aromatic N) is 3. The molecule has 0 unspecified atom stereocenters. The van der Waals surface area contributed by atoms with Crippen molar-refractivity contribution in [1.82, 2.24) is 20.1 Å². The number of amides is 2. The molecule has 3 aromatic rings. The van der Waals surface area contributed by atoms with Gasteiger partial charge in [-0.1, -0.05) is 43.0 Å². The first kappa shape index (κ1) is 23.7. The lowest BCUT2D eigenvalue weighted by molar-refractivity contribution is -0.127. The molecule has 1 aromatic heterocycles. The maximum Gasteiger partial charge on any atom is 0.412 e. The van der Waals surface area contributed by atoms with E-state index in [1.54, 1.807) is 6.07 Å². The molecule has 0 bridgehead atoms. The number of ether oxygens (including phenoxy) is 1. The van der Waals surface area contributed by atoms with Gasteiger partial charge < -0.3 is 19.5 Å². The Morgan fingerprint density at radius 3 is 2.40 bits per heavy atom. The van der Waals surface area contributed by atoms with E-state index in [4.69, 9.17) is 0 Å². The van der Waals surface area contributed by atoms with Crippen molar-refractivity contribution >= 4 is 34.5 Å². The van der Waals surface area contributed by atoms with Gasteiger partial charge in [0.2, 0.25) is 0 Å². The fourth-order valence-electron chi connectivity index (χ4n) is 3.93. The monoisotopic (exact) mass is 477 g/mol. The number of H-pyrrole nitrogens is 1. The first-order chi connectivity index (χ1) is 16.9. The predicted octanol–water partition coefficient (Wildman–Crippen LogP) is 2.91. The fourth-order valence-corrected chi connectivity index (χ4v) is 3.93. The number of fused-ring (bicyclic) bond motifs is 1. The van der Waals surface area contributed by atoms with E-state index in [0.29, 0.717) is 24.4 Å². The van der Waals surface area contributed by atoms with Crippen LogP contribution >= 0.6 is 0 Å². The van der Waals surface area contributed by atoms with Gasteiger partial charge in [0, 0.05) is 48.8 Å². The number of methoxy groups -OCH3 is 1. The van der Waals surface area contributed by atoms with Crippen molar-refractivity contribution in [3.8, 4) is 0 Å². The van der Waals surface area contributed by atoms with Crippen LogP contribution in [-0.2, 0) is 9.53 Å². The zero-order valence-corrected chi connectivity index (χ0v) is 19.1. The number of carbonyl (C=O) groups is 3. The zero-order chi connectivity index (χ0) is 24.9. The number of hydrogen-bond acceptors (Lipinski definition) is 5. The van der Waals surface area contributed by atoms with Gasteiger partial charge in [-0.2, -0.15) is 0 Å². The molecular weight excluding hydrogens is 453 g/mol. The molecule has 2 aromatic carbocycles. The maximum atomic E-state index is 14.3. The Hall–Kier alpha value is -4.47. The number of benzene rings is 2. The SMILES string of the molecule is C=C(N=C(c1ccccc1)N1CCN(C(=O)C(=O)c2c[nH]c3cccc(F)c23)CC1)NC(=O)OC. The summed E-state index contributed by atoms with van der Waals surface area (Å²) < 4.78 is 18.9. The molecular formula is C25H24FN5O4. The van der Waals surface area contributed by atoms with E-state index in [2.05, 4.69) is 26.6 Å². The molecule has 180 valence electrons. The number of aromatic amines is 1. The Morgan fingerprint density at radius 2 is 1.71 bits per heavy atom. The summed E-state index contributed by atoms with van der Waals surface area (Å²) in [6.07, 6.45) is 0.679.